The Kier molecular flexibility index (Phi) is 4.52. The highest BCUT2D eigenvalue weighted by Crippen LogP contribution is 2.25. The molecule has 0 spiro atoms. The molecule has 6 nitrogen and oxygen atoms in total. The van der Waals surface area contributed by atoms with E-state index in [1.54, 1.807) is 6.33 Å². The van der Waals surface area contributed by atoms with Crippen LogP contribution < -0.4 is 4.72 Å². The van der Waals surface area contributed by atoms with Gasteiger partial charge in [0.15, 0.2) is 0 Å². The van der Waals surface area contributed by atoms with E-state index >= 15 is 0 Å². The third-order valence-corrected chi connectivity index (χ3v) is 5.54. The Hall–Kier alpha value is -2.22. The maximum absolute atomic E-state index is 11.5. The Balaban J connectivity index is 1.58. The maximum atomic E-state index is 11.5. The molecular weight excluding hydrogens is 348 g/mol. The smallest absolute Gasteiger partial charge is 0.208 e. The summed E-state index contributed by atoms with van der Waals surface area (Å²) in [4.78, 5) is 6.60. The van der Waals surface area contributed by atoms with Crippen molar-refractivity contribution in [1.82, 2.24) is 19.2 Å². The Bertz CT molecular complexity index is 1020. The second-order valence-corrected chi connectivity index (χ2v) is 8.71. The number of fused-ring (bicyclic) bond motifs is 2. The molecule has 2 aromatic carbocycles. The summed E-state index contributed by atoms with van der Waals surface area (Å²) in [5.41, 5.74) is 2.39. The molecule has 1 aliphatic rings. The Morgan fingerprint density at radius 2 is 2.00 bits per heavy atom. The molecule has 0 fully saturated rings. The Morgan fingerprint density at radius 3 is 2.85 bits per heavy atom. The first-order valence-corrected chi connectivity index (χ1v) is 10.5. The van der Waals surface area contributed by atoms with E-state index in [4.69, 9.17) is 0 Å². The fraction of sp³-hybridized carbons (Fsp3) is 0.316. The molecule has 1 N–H and O–H groups in total. The van der Waals surface area contributed by atoms with Crippen molar-refractivity contribution >= 4 is 20.8 Å². The minimum atomic E-state index is -3.22. The second-order valence-electron chi connectivity index (χ2n) is 6.87. The van der Waals surface area contributed by atoms with Crippen molar-refractivity contribution in [2.75, 3.05) is 19.3 Å². The number of hydrogen-bond donors (Lipinski definition) is 1. The fourth-order valence-electron chi connectivity index (χ4n) is 3.67. The first kappa shape index (κ1) is 17.2. The number of benzene rings is 2. The first-order chi connectivity index (χ1) is 12.5. The highest BCUT2D eigenvalue weighted by Gasteiger charge is 2.25. The number of imidazole rings is 1. The van der Waals surface area contributed by atoms with E-state index in [0.717, 1.165) is 25.3 Å². The summed E-state index contributed by atoms with van der Waals surface area (Å²) in [6, 6.07) is 14.8. The second kappa shape index (κ2) is 6.83. The zero-order valence-electron chi connectivity index (χ0n) is 14.7. The Morgan fingerprint density at radius 1 is 1.19 bits per heavy atom. The van der Waals surface area contributed by atoms with Crippen molar-refractivity contribution in [3.8, 4) is 0 Å². The molecule has 0 unspecified atom stereocenters. The van der Waals surface area contributed by atoms with E-state index in [1.165, 1.54) is 22.6 Å². The zero-order valence-corrected chi connectivity index (χ0v) is 15.5. The molecule has 2 heterocycles. The molecule has 3 aromatic rings. The lowest BCUT2D eigenvalue weighted by atomic mass is 10.0. The SMILES string of the molecule is CS(=O)(=O)NC[C@@H]1CN(Cc2cccc3ccccc23)Cc2cncn21. The van der Waals surface area contributed by atoms with Crippen molar-refractivity contribution < 1.29 is 8.42 Å². The predicted octanol–water partition coefficient (Wildman–Crippen LogP) is 2.14. The van der Waals surface area contributed by atoms with Gasteiger partial charge in [-0.2, -0.15) is 0 Å². The quantitative estimate of drug-likeness (QED) is 0.747. The number of sulfonamides is 1. The van der Waals surface area contributed by atoms with Crippen LogP contribution in [0.15, 0.2) is 55.0 Å². The topological polar surface area (TPSA) is 67.2 Å². The van der Waals surface area contributed by atoms with Gasteiger partial charge in [-0.05, 0) is 16.3 Å². The number of rotatable bonds is 5. The standard InChI is InChI=1S/C19H22N4O2S/c1-26(24,25)21-10-18-13-22(12-17-9-20-14-23(17)18)11-16-7-4-6-15-5-2-3-8-19(15)16/h2-9,14,18,21H,10-13H2,1H3/t18-/m1/s1. The van der Waals surface area contributed by atoms with E-state index in [-0.39, 0.29) is 6.04 Å². The Labute approximate surface area is 153 Å². The number of nitrogens with zero attached hydrogens (tertiary/aromatic N) is 3. The summed E-state index contributed by atoms with van der Waals surface area (Å²) in [5, 5.41) is 2.50. The van der Waals surface area contributed by atoms with Crippen LogP contribution in [0.5, 0.6) is 0 Å². The van der Waals surface area contributed by atoms with E-state index in [9.17, 15) is 8.42 Å². The lowest BCUT2D eigenvalue weighted by Crippen LogP contribution is -2.41. The molecule has 0 saturated heterocycles. The summed E-state index contributed by atoms with van der Waals surface area (Å²) in [6.45, 7) is 2.77. The van der Waals surface area contributed by atoms with Gasteiger partial charge in [-0.3, -0.25) is 4.90 Å². The average molecular weight is 370 g/mol. The third-order valence-electron chi connectivity index (χ3n) is 4.85. The van der Waals surface area contributed by atoms with Gasteiger partial charge in [0.2, 0.25) is 10.0 Å². The molecule has 26 heavy (non-hydrogen) atoms. The molecule has 0 saturated carbocycles. The summed E-state index contributed by atoms with van der Waals surface area (Å²) in [5.74, 6) is 0. The van der Waals surface area contributed by atoms with Crippen molar-refractivity contribution in [1.29, 1.82) is 0 Å². The largest absolute Gasteiger partial charge is 0.328 e. The molecule has 0 amide bonds. The molecule has 4 rings (SSSR count). The van der Waals surface area contributed by atoms with Crippen LogP contribution in [-0.4, -0.2) is 42.2 Å². The van der Waals surface area contributed by atoms with Gasteiger partial charge < -0.3 is 4.57 Å². The molecule has 1 atom stereocenters. The molecule has 0 radical (unpaired) electrons. The van der Waals surface area contributed by atoms with Crippen molar-refractivity contribution in [2.45, 2.75) is 19.1 Å². The normalized spacial score (nSPS) is 18.1. The van der Waals surface area contributed by atoms with Crippen LogP contribution in [0.2, 0.25) is 0 Å². The molecule has 136 valence electrons. The van der Waals surface area contributed by atoms with E-state index in [2.05, 4.69) is 61.6 Å². The highest BCUT2D eigenvalue weighted by molar-refractivity contribution is 7.88. The van der Waals surface area contributed by atoms with Gasteiger partial charge in [-0.15, -0.1) is 0 Å². The summed E-state index contributed by atoms with van der Waals surface area (Å²) >= 11 is 0. The van der Waals surface area contributed by atoms with Crippen molar-refractivity contribution in [2.24, 2.45) is 0 Å². The minimum Gasteiger partial charge on any atom is -0.328 e. The molecule has 0 aliphatic carbocycles. The monoisotopic (exact) mass is 370 g/mol. The van der Waals surface area contributed by atoms with Crippen LogP contribution in [0.1, 0.15) is 17.3 Å². The lowest BCUT2D eigenvalue weighted by molar-refractivity contribution is 0.178. The third kappa shape index (κ3) is 3.65. The van der Waals surface area contributed by atoms with Gasteiger partial charge in [0, 0.05) is 32.4 Å². The van der Waals surface area contributed by atoms with Crippen LogP contribution in [0.3, 0.4) is 0 Å². The van der Waals surface area contributed by atoms with Gasteiger partial charge >= 0.3 is 0 Å². The van der Waals surface area contributed by atoms with Crippen LogP contribution in [0, 0.1) is 0 Å². The van der Waals surface area contributed by atoms with E-state index in [0.29, 0.717) is 6.54 Å². The van der Waals surface area contributed by atoms with Crippen LogP contribution >= 0.6 is 0 Å². The van der Waals surface area contributed by atoms with E-state index in [1.807, 2.05) is 6.20 Å². The van der Waals surface area contributed by atoms with Gasteiger partial charge in [-0.1, -0.05) is 42.5 Å². The number of aromatic nitrogens is 2. The van der Waals surface area contributed by atoms with Crippen molar-refractivity contribution in [3.63, 3.8) is 0 Å². The molecule has 0 bridgehead atoms. The summed E-state index contributed by atoms with van der Waals surface area (Å²) < 4.78 is 27.7. The first-order valence-electron chi connectivity index (χ1n) is 8.64. The molecule has 7 heteroatoms. The fourth-order valence-corrected chi connectivity index (χ4v) is 4.16. The predicted molar refractivity (Wildman–Crippen MR) is 102 cm³/mol. The molecule has 1 aliphatic heterocycles. The zero-order chi connectivity index (χ0) is 18.1. The highest BCUT2D eigenvalue weighted by atomic mass is 32.2. The average Bonchev–Trinajstić information content (AvgIpc) is 3.08. The number of hydrogen-bond acceptors (Lipinski definition) is 4. The summed E-state index contributed by atoms with van der Waals surface area (Å²) in [6.07, 6.45) is 4.85. The summed E-state index contributed by atoms with van der Waals surface area (Å²) in [7, 11) is -3.22. The van der Waals surface area contributed by atoms with Crippen LogP contribution in [0.4, 0.5) is 0 Å². The van der Waals surface area contributed by atoms with Crippen LogP contribution in [-0.2, 0) is 23.1 Å². The van der Waals surface area contributed by atoms with Gasteiger partial charge in [0.25, 0.3) is 0 Å². The van der Waals surface area contributed by atoms with Gasteiger partial charge in [0.1, 0.15) is 0 Å². The van der Waals surface area contributed by atoms with Gasteiger partial charge in [0.05, 0.1) is 24.3 Å². The van der Waals surface area contributed by atoms with Crippen LogP contribution in [0.25, 0.3) is 10.8 Å². The number of nitrogens with one attached hydrogen (secondary N) is 1. The lowest BCUT2D eigenvalue weighted by Gasteiger charge is -2.34. The van der Waals surface area contributed by atoms with Gasteiger partial charge in [-0.25, -0.2) is 18.1 Å². The maximum Gasteiger partial charge on any atom is 0.208 e. The molecular formula is C19H22N4O2S. The molecule has 1 aromatic heterocycles. The minimum absolute atomic E-state index is 0.0333. The van der Waals surface area contributed by atoms with Crippen molar-refractivity contribution in [3.05, 3.63) is 66.2 Å². The van der Waals surface area contributed by atoms with E-state index < -0.39 is 10.0 Å².